The zero-order chi connectivity index (χ0) is 20.9. The number of piperidine rings is 1. The average Bonchev–Trinajstić information content (AvgIpc) is 3.30. The van der Waals surface area contributed by atoms with Crippen LogP contribution in [0.3, 0.4) is 0 Å². The quantitative estimate of drug-likeness (QED) is 0.766. The molecule has 4 heterocycles. The van der Waals surface area contributed by atoms with E-state index in [-0.39, 0.29) is 28.2 Å². The molecule has 3 saturated heterocycles. The summed E-state index contributed by atoms with van der Waals surface area (Å²) in [5, 5.41) is 3.72. The molecular weight excluding hydrogens is 426 g/mol. The van der Waals surface area contributed by atoms with E-state index in [1.165, 1.54) is 16.4 Å². The second-order valence-electron chi connectivity index (χ2n) is 8.17. The van der Waals surface area contributed by atoms with Crippen molar-refractivity contribution in [3.8, 4) is 0 Å². The maximum atomic E-state index is 13.0. The van der Waals surface area contributed by atoms with E-state index in [0.717, 1.165) is 0 Å². The summed E-state index contributed by atoms with van der Waals surface area (Å²) in [7, 11) is -3.58. The third-order valence-corrected chi connectivity index (χ3v) is 8.80. The Morgan fingerprint density at radius 3 is 2.40 bits per heavy atom. The molecule has 5 rings (SSSR count). The van der Waals surface area contributed by atoms with E-state index < -0.39 is 10.0 Å². The number of aromatic nitrogens is 2. The first-order valence-electron chi connectivity index (χ1n) is 9.99. The molecule has 1 aromatic heterocycles. The molecule has 1 spiro atoms. The van der Waals surface area contributed by atoms with Crippen LogP contribution in [0.1, 0.15) is 12.8 Å². The summed E-state index contributed by atoms with van der Waals surface area (Å²) in [6.07, 6.45) is 4.59. The molecule has 158 valence electrons. The number of carbonyl (C=O) groups is 1. The first-order chi connectivity index (χ1) is 14.4. The van der Waals surface area contributed by atoms with Crippen LogP contribution < -0.4 is 10.2 Å². The van der Waals surface area contributed by atoms with Crippen LogP contribution in [0.4, 0.5) is 5.95 Å². The van der Waals surface area contributed by atoms with Gasteiger partial charge in [0.1, 0.15) is 0 Å². The average molecular weight is 448 g/mol. The fourth-order valence-electron chi connectivity index (χ4n) is 5.05. The molecule has 30 heavy (non-hydrogen) atoms. The monoisotopic (exact) mass is 447 g/mol. The molecule has 3 aliphatic heterocycles. The number of nitrogens with zero attached hydrogens (tertiary/aromatic N) is 4. The predicted octanol–water partition coefficient (Wildman–Crippen LogP) is 1.54. The summed E-state index contributed by atoms with van der Waals surface area (Å²) in [6.45, 7) is 2.03. The van der Waals surface area contributed by atoms with Crippen molar-refractivity contribution in [2.45, 2.75) is 23.3 Å². The van der Waals surface area contributed by atoms with Gasteiger partial charge >= 0.3 is 0 Å². The minimum atomic E-state index is -3.58. The minimum absolute atomic E-state index is 0.0486. The van der Waals surface area contributed by atoms with Crippen LogP contribution in [-0.2, 0) is 14.8 Å². The van der Waals surface area contributed by atoms with E-state index in [1.807, 2.05) is 0 Å². The van der Waals surface area contributed by atoms with Gasteiger partial charge in [0, 0.05) is 55.1 Å². The fourth-order valence-corrected chi connectivity index (χ4v) is 6.62. The van der Waals surface area contributed by atoms with Crippen LogP contribution in [0.2, 0.25) is 5.02 Å². The van der Waals surface area contributed by atoms with E-state index >= 15 is 0 Å². The first-order valence-corrected chi connectivity index (χ1v) is 11.8. The molecule has 0 saturated carbocycles. The summed E-state index contributed by atoms with van der Waals surface area (Å²) in [4.78, 5) is 23.7. The van der Waals surface area contributed by atoms with Gasteiger partial charge in [-0.3, -0.25) is 4.79 Å². The highest BCUT2D eigenvalue weighted by Gasteiger charge is 2.58. The number of benzene rings is 1. The van der Waals surface area contributed by atoms with E-state index in [4.69, 9.17) is 11.6 Å². The molecule has 0 radical (unpaired) electrons. The van der Waals surface area contributed by atoms with Gasteiger partial charge in [-0.15, -0.1) is 0 Å². The zero-order valence-electron chi connectivity index (χ0n) is 16.2. The van der Waals surface area contributed by atoms with Crippen molar-refractivity contribution in [2.75, 3.05) is 31.1 Å². The van der Waals surface area contributed by atoms with Crippen molar-refractivity contribution in [2.24, 2.45) is 11.8 Å². The molecule has 1 amide bonds. The van der Waals surface area contributed by atoms with Crippen molar-refractivity contribution in [3.63, 3.8) is 0 Å². The zero-order valence-corrected chi connectivity index (χ0v) is 17.8. The Bertz CT molecular complexity index is 1060. The van der Waals surface area contributed by atoms with Gasteiger partial charge < -0.3 is 10.2 Å². The molecule has 2 atom stereocenters. The maximum absolute atomic E-state index is 13.0. The van der Waals surface area contributed by atoms with Crippen LogP contribution in [0.5, 0.6) is 0 Å². The van der Waals surface area contributed by atoms with Gasteiger partial charge in [0.25, 0.3) is 0 Å². The summed E-state index contributed by atoms with van der Waals surface area (Å²) in [5.74, 6) is 0.687. The molecule has 3 aliphatic rings. The number of amides is 1. The lowest BCUT2D eigenvalue weighted by atomic mass is 9.76. The maximum Gasteiger partial charge on any atom is 0.243 e. The highest BCUT2D eigenvalue weighted by molar-refractivity contribution is 7.89. The van der Waals surface area contributed by atoms with Gasteiger partial charge in [0.2, 0.25) is 21.9 Å². The number of carbonyl (C=O) groups excluding carboxylic acids is 1. The number of nitrogens with one attached hydrogen (secondary N) is 1. The number of fused-ring (bicyclic) bond motifs is 2. The number of anilines is 1. The Kier molecular flexibility index (Phi) is 4.72. The summed E-state index contributed by atoms with van der Waals surface area (Å²) in [5.41, 5.74) is -0.378. The lowest BCUT2D eigenvalue weighted by Gasteiger charge is -2.42. The van der Waals surface area contributed by atoms with E-state index in [2.05, 4.69) is 20.2 Å². The van der Waals surface area contributed by atoms with Crippen molar-refractivity contribution in [1.82, 2.24) is 19.6 Å². The van der Waals surface area contributed by atoms with Crippen molar-refractivity contribution in [1.29, 1.82) is 0 Å². The third-order valence-electron chi connectivity index (χ3n) is 6.64. The van der Waals surface area contributed by atoms with Crippen molar-refractivity contribution >= 4 is 33.5 Å². The number of sulfonamides is 1. The van der Waals surface area contributed by atoms with Gasteiger partial charge in [-0.05, 0) is 43.2 Å². The lowest BCUT2D eigenvalue weighted by Crippen LogP contribution is -2.56. The molecule has 8 nitrogen and oxygen atoms in total. The Balaban J connectivity index is 1.33. The predicted molar refractivity (Wildman–Crippen MR) is 112 cm³/mol. The van der Waals surface area contributed by atoms with Crippen LogP contribution >= 0.6 is 11.6 Å². The van der Waals surface area contributed by atoms with Gasteiger partial charge in [0.05, 0.1) is 10.8 Å². The first kappa shape index (κ1) is 19.7. The molecule has 1 N–H and O–H groups in total. The number of hydrogen-bond acceptors (Lipinski definition) is 6. The van der Waals surface area contributed by atoms with Gasteiger partial charge in [-0.25, -0.2) is 18.4 Å². The molecular formula is C20H22ClN5O3S. The molecule has 0 bridgehead atoms. The molecule has 0 unspecified atom stereocenters. The second kappa shape index (κ2) is 7.18. The molecule has 3 fully saturated rings. The molecule has 10 heteroatoms. The van der Waals surface area contributed by atoms with Gasteiger partial charge in [-0.1, -0.05) is 11.6 Å². The Morgan fingerprint density at radius 1 is 1.07 bits per heavy atom. The largest absolute Gasteiger partial charge is 0.350 e. The second-order valence-corrected chi connectivity index (χ2v) is 10.5. The lowest BCUT2D eigenvalue weighted by molar-refractivity contribution is -0.122. The van der Waals surface area contributed by atoms with E-state index in [1.54, 1.807) is 30.6 Å². The SMILES string of the molecule is O=C1NC2(CCN(S(=O)(=O)c3ccc(Cl)cc3)CC2)[C@@H]2CN(c3ncccn3)C[C@H]12. The standard InChI is InChI=1S/C20H22ClN5O3S/c21-14-2-4-15(5-3-14)30(28,29)26-10-6-20(7-11-26)17-13-25(12-16(17)18(27)24-20)19-22-8-1-9-23-19/h1-5,8-9,16-17H,6-7,10-13H2,(H,24,27)/t16-,17+/m0/s1. The van der Waals surface area contributed by atoms with Gasteiger partial charge in [-0.2, -0.15) is 4.31 Å². The van der Waals surface area contributed by atoms with Crippen molar-refractivity contribution in [3.05, 3.63) is 47.7 Å². The number of rotatable bonds is 3. The molecule has 2 aromatic rings. The highest BCUT2D eigenvalue weighted by Crippen LogP contribution is 2.45. The van der Waals surface area contributed by atoms with Crippen LogP contribution in [0, 0.1) is 11.8 Å². The van der Waals surface area contributed by atoms with Gasteiger partial charge in [0.15, 0.2) is 0 Å². The number of hydrogen-bond donors (Lipinski definition) is 1. The van der Waals surface area contributed by atoms with Crippen LogP contribution in [0.25, 0.3) is 0 Å². The van der Waals surface area contributed by atoms with Crippen LogP contribution in [-0.4, -0.2) is 60.3 Å². The third kappa shape index (κ3) is 3.16. The number of halogens is 1. The normalized spacial score (nSPS) is 26.0. The Labute approximate surface area is 180 Å². The van der Waals surface area contributed by atoms with Crippen molar-refractivity contribution < 1.29 is 13.2 Å². The minimum Gasteiger partial charge on any atom is -0.350 e. The smallest absolute Gasteiger partial charge is 0.243 e. The fraction of sp³-hybridized carbons (Fsp3) is 0.450. The Morgan fingerprint density at radius 2 is 1.73 bits per heavy atom. The molecule has 0 aliphatic carbocycles. The highest BCUT2D eigenvalue weighted by atomic mass is 35.5. The van der Waals surface area contributed by atoms with E-state index in [0.29, 0.717) is 50.0 Å². The topological polar surface area (TPSA) is 95.5 Å². The summed E-state index contributed by atoms with van der Waals surface area (Å²) in [6, 6.07) is 8.00. The summed E-state index contributed by atoms with van der Waals surface area (Å²) < 4.78 is 27.5. The summed E-state index contributed by atoms with van der Waals surface area (Å²) >= 11 is 5.89. The van der Waals surface area contributed by atoms with E-state index in [9.17, 15) is 13.2 Å². The molecule has 1 aromatic carbocycles. The van der Waals surface area contributed by atoms with Crippen LogP contribution in [0.15, 0.2) is 47.6 Å². The Hall–Kier alpha value is -2.23.